The molecule has 0 bridgehead atoms. The molecule has 0 amide bonds. The van der Waals surface area contributed by atoms with E-state index in [-0.39, 0.29) is 19.0 Å². The van der Waals surface area contributed by atoms with Gasteiger partial charge in [-0.05, 0) is 12.5 Å². The Morgan fingerprint density at radius 1 is 1.24 bits per heavy atom. The van der Waals surface area contributed by atoms with Crippen molar-refractivity contribution in [3.05, 3.63) is 35.9 Å². The molecule has 1 rings (SSSR count). The van der Waals surface area contributed by atoms with Crippen LogP contribution in [-0.2, 0) is 25.7 Å². The van der Waals surface area contributed by atoms with Crippen LogP contribution < -0.4 is 0 Å². The van der Waals surface area contributed by atoms with Gasteiger partial charge in [0, 0.05) is 6.92 Å². The molecule has 0 radical (unpaired) electrons. The molecule has 0 N–H and O–H groups in total. The third-order valence-electron chi connectivity index (χ3n) is 2.06. The quantitative estimate of drug-likeness (QED) is 0.734. The van der Waals surface area contributed by atoms with E-state index >= 15 is 0 Å². The Morgan fingerprint density at radius 2 is 1.88 bits per heavy atom. The van der Waals surface area contributed by atoms with E-state index in [1.807, 2.05) is 30.3 Å². The Balaban J connectivity index is 2.28. The lowest BCUT2D eigenvalue weighted by Gasteiger charge is -2.11. The Morgan fingerprint density at radius 3 is 2.47 bits per heavy atom. The largest absolute Gasteiger partial charge is 0.462 e. The fourth-order valence-electron chi connectivity index (χ4n) is 1.36. The van der Waals surface area contributed by atoms with Crippen LogP contribution in [-0.4, -0.2) is 18.0 Å². The van der Waals surface area contributed by atoms with Crippen molar-refractivity contribution in [2.24, 2.45) is 0 Å². The molecule has 17 heavy (non-hydrogen) atoms. The molecule has 0 aliphatic rings. The lowest BCUT2D eigenvalue weighted by molar-refractivity contribution is -0.153. The van der Waals surface area contributed by atoms with E-state index in [1.54, 1.807) is 6.92 Å². The maximum atomic E-state index is 11.4. The third-order valence-corrected chi connectivity index (χ3v) is 2.06. The first kappa shape index (κ1) is 13.2. The van der Waals surface area contributed by atoms with Gasteiger partial charge in [0.2, 0.25) is 0 Å². The summed E-state index contributed by atoms with van der Waals surface area (Å²) in [6.45, 7) is 3.21. The Kier molecular flexibility index (Phi) is 5.20. The molecule has 0 aliphatic heterocycles. The van der Waals surface area contributed by atoms with Gasteiger partial charge in [0.05, 0.1) is 6.42 Å². The monoisotopic (exact) mass is 236 g/mol. The molecule has 4 nitrogen and oxygen atoms in total. The van der Waals surface area contributed by atoms with Gasteiger partial charge in [-0.1, -0.05) is 30.3 Å². The van der Waals surface area contributed by atoms with E-state index in [0.717, 1.165) is 5.56 Å². The Bertz CT molecular complexity index is 372. The van der Waals surface area contributed by atoms with Crippen LogP contribution in [0.4, 0.5) is 0 Å². The van der Waals surface area contributed by atoms with Gasteiger partial charge in [-0.2, -0.15) is 0 Å². The van der Waals surface area contributed by atoms with E-state index < -0.39 is 12.1 Å². The summed E-state index contributed by atoms with van der Waals surface area (Å²) in [5.41, 5.74) is 0.931. The molecule has 0 spiro atoms. The van der Waals surface area contributed by atoms with Gasteiger partial charge in [-0.15, -0.1) is 0 Å². The van der Waals surface area contributed by atoms with Crippen molar-refractivity contribution >= 4 is 11.9 Å². The van der Waals surface area contributed by atoms with Gasteiger partial charge in [0.15, 0.2) is 0 Å². The number of benzene rings is 1. The summed E-state index contributed by atoms with van der Waals surface area (Å²) in [4.78, 5) is 22.0. The first-order valence-corrected chi connectivity index (χ1v) is 5.44. The fourth-order valence-corrected chi connectivity index (χ4v) is 1.36. The van der Waals surface area contributed by atoms with Crippen LogP contribution in [0, 0.1) is 0 Å². The van der Waals surface area contributed by atoms with Crippen LogP contribution in [0.25, 0.3) is 0 Å². The third kappa shape index (κ3) is 5.70. The van der Waals surface area contributed by atoms with Crippen LogP contribution in [0.2, 0.25) is 0 Å². The number of ether oxygens (including phenoxy) is 2. The van der Waals surface area contributed by atoms with Gasteiger partial charge >= 0.3 is 11.9 Å². The normalized spacial score (nSPS) is 11.6. The van der Waals surface area contributed by atoms with Gasteiger partial charge in [0.1, 0.15) is 12.7 Å². The minimum Gasteiger partial charge on any atom is -0.462 e. The summed E-state index contributed by atoms with van der Waals surface area (Å²) in [6, 6.07) is 9.41. The molecule has 0 aromatic heterocycles. The van der Waals surface area contributed by atoms with Crippen LogP contribution in [0.15, 0.2) is 30.3 Å². The number of carbonyl (C=O) groups excluding carboxylic acids is 2. The van der Waals surface area contributed by atoms with Gasteiger partial charge in [-0.25, -0.2) is 0 Å². The summed E-state index contributed by atoms with van der Waals surface area (Å²) in [6.07, 6.45) is -0.373. The highest BCUT2D eigenvalue weighted by Crippen LogP contribution is 2.04. The summed E-state index contributed by atoms with van der Waals surface area (Å²) >= 11 is 0. The molecule has 0 saturated heterocycles. The van der Waals surface area contributed by atoms with Crippen LogP contribution in [0.1, 0.15) is 25.8 Å². The highest BCUT2D eigenvalue weighted by molar-refractivity contribution is 5.71. The smallest absolute Gasteiger partial charge is 0.309 e. The summed E-state index contributed by atoms with van der Waals surface area (Å²) in [7, 11) is 0. The molecule has 0 fully saturated rings. The SMILES string of the molecule is CC(=O)OC(C)CC(=O)OCc1ccccc1. The van der Waals surface area contributed by atoms with Crippen molar-refractivity contribution in [3.63, 3.8) is 0 Å². The minimum absolute atomic E-state index is 0.0758. The highest BCUT2D eigenvalue weighted by Gasteiger charge is 2.12. The number of esters is 2. The Labute approximate surface area is 101 Å². The average molecular weight is 236 g/mol. The Hall–Kier alpha value is -1.84. The highest BCUT2D eigenvalue weighted by atomic mass is 16.6. The van der Waals surface area contributed by atoms with Gasteiger partial charge < -0.3 is 9.47 Å². The summed E-state index contributed by atoms with van der Waals surface area (Å²) in [5, 5.41) is 0. The fraction of sp³-hybridized carbons (Fsp3) is 0.385. The van der Waals surface area contributed by atoms with Gasteiger partial charge in [-0.3, -0.25) is 9.59 Å². The van der Waals surface area contributed by atoms with Crippen LogP contribution in [0.3, 0.4) is 0 Å². The molecule has 0 heterocycles. The molecule has 0 aliphatic carbocycles. The molecule has 1 aromatic rings. The van der Waals surface area contributed by atoms with Crippen molar-refractivity contribution in [3.8, 4) is 0 Å². The van der Waals surface area contributed by atoms with Gasteiger partial charge in [0.25, 0.3) is 0 Å². The molecule has 0 saturated carbocycles. The van der Waals surface area contributed by atoms with E-state index in [4.69, 9.17) is 9.47 Å². The minimum atomic E-state index is -0.448. The van der Waals surface area contributed by atoms with Crippen molar-refractivity contribution < 1.29 is 19.1 Å². The zero-order chi connectivity index (χ0) is 12.7. The second-order valence-electron chi connectivity index (χ2n) is 3.77. The topological polar surface area (TPSA) is 52.6 Å². The van der Waals surface area contributed by atoms with Crippen molar-refractivity contribution in [2.45, 2.75) is 33.0 Å². The molecule has 92 valence electrons. The maximum Gasteiger partial charge on any atom is 0.309 e. The van der Waals surface area contributed by atoms with Crippen molar-refractivity contribution in [1.29, 1.82) is 0 Å². The van der Waals surface area contributed by atoms with E-state index in [2.05, 4.69) is 0 Å². The van der Waals surface area contributed by atoms with Crippen LogP contribution in [0.5, 0.6) is 0 Å². The van der Waals surface area contributed by atoms with Crippen molar-refractivity contribution in [2.75, 3.05) is 0 Å². The molecular weight excluding hydrogens is 220 g/mol. The molecule has 1 aromatic carbocycles. The zero-order valence-electron chi connectivity index (χ0n) is 10.0. The van der Waals surface area contributed by atoms with E-state index in [1.165, 1.54) is 6.92 Å². The van der Waals surface area contributed by atoms with E-state index in [0.29, 0.717) is 0 Å². The lowest BCUT2D eigenvalue weighted by atomic mass is 10.2. The first-order valence-electron chi connectivity index (χ1n) is 5.44. The number of carbonyl (C=O) groups is 2. The summed E-state index contributed by atoms with van der Waals surface area (Å²) < 4.78 is 9.88. The maximum absolute atomic E-state index is 11.4. The molecule has 1 unspecified atom stereocenters. The van der Waals surface area contributed by atoms with E-state index in [9.17, 15) is 9.59 Å². The number of hydrogen-bond acceptors (Lipinski definition) is 4. The summed E-state index contributed by atoms with van der Waals surface area (Å²) in [5.74, 6) is -0.768. The lowest BCUT2D eigenvalue weighted by Crippen LogP contribution is -2.18. The molecular formula is C13H16O4. The predicted octanol–water partition coefficient (Wildman–Crippen LogP) is 2.07. The standard InChI is InChI=1S/C13H16O4/c1-10(17-11(2)14)8-13(15)16-9-12-6-4-3-5-7-12/h3-7,10H,8-9H2,1-2H3. The zero-order valence-corrected chi connectivity index (χ0v) is 10.0. The molecule has 1 atom stereocenters. The first-order chi connectivity index (χ1) is 8.08. The van der Waals surface area contributed by atoms with Crippen LogP contribution >= 0.6 is 0 Å². The predicted molar refractivity (Wildman–Crippen MR) is 62.1 cm³/mol. The number of rotatable bonds is 5. The average Bonchev–Trinajstić information content (AvgIpc) is 2.26. The second-order valence-corrected chi connectivity index (χ2v) is 3.77. The number of hydrogen-bond donors (Lipinski definition) is 0. The van der Waals surface area contributed by atoms with Crippen molar-refractivity contribution in [1.82, 2.24) is 0 Å². The second kappa shape index (κ2) is 6.68. The molecule has 4 heteroatoms.